The van der Waals surface area contributed by atoms with Gasteiger partial charge in [-0.05, 0) is 42.5 Å². The molecule has 0 radical (unpaired) electrons. The van der Waals surface area contributed by atoms with Gasteiger partial charge in [0.1, 0.15) is 17.4 Å². The molecule has 1 aromatic heterocycles. The minimum absolute atomic E-state index is 0.146. The van der Waals surface area contributed by atoms with Gasteiger partial charge in [-0.1, -0.05) is 35.5 Å². The van der Waals surface area contributed by atoms with Crippen LogP contribution < -0.4 is 15.6 Å². The van der Waals surface area contributed by atoms with E-state index in [1.54, 1.807) is 42.5 Å². The Labute approximate surface area is 196 Å². The molecule has 0 bridgehead atoms. The highest BCUT2D eigenvalue weighted by Crippen LogP contribution is 2.29. The van der Waals surface area contributed by atoms with Gasteiger partial charge in [0.05, 0.1) is 40.2 Å². The van der Waals surface area contributed by atoms with E-state index in [0.29, 0.717) is 33.4 Å². The second kappa shape index (κ2) is 9.60. The van der Waals surface area contributed by atoms with Crippen LogP contribution in [0.25, 0.3) is 16.6 Å². The van der Waals surface area contributed by atoms with Crippen LogP contribution in [0.15, 0.2) is 70.6 Å². The van der Waals surface area contributed by atoms with E-state index in [0.717, 1.165) is 23.9 Å². The van der Waals surface area contributed by atoms with Gasteiger partial charge in [-0.3, -0.25) is 14.2 Å². The van der Waals surface area contributed by atoms with E-state index in [2.05, 4.69) is 10.3 Å². The fraction of sp³-hybridized carbons (Fsp3) is 0.0870. The predicted molar refractivity (Wildman–Crippen MR) is 125 cm³/mol. The number of anilines is 1. The number of nitrogens with one attached hydrogen (secondary N) is 1. The quantitative estimate of drug-likeness (QED) is 0.304. The van der Waals surface area contributed by atoms with Crippen molar-refractivity contribution in [1.29, 1.82) is 0 Å². The van der Waals surface area contributed by atoms with Gasteiger partial charge in [0.15, 0.2) is 5.16 Å². The maximum atomic E-state index is 13.8. The van der Waals surface area contributed by atoms with Crippen LogP contribution in [-0.2, 0) is 4.79 Å². The van der Waals surface area contributed by atoms with Crippen LogP contribution in [0.3, 0.4) is 0 Å². The van der Waals surface area contributed by atoms with E-state index in [1.807, 2.05) is 0 Å². The molecule has 6 nitrogen and oxygen atoms in total. The lowest BCUT2D eigenvalue weighted by Gasteiger charge is -2.14. The van der Waals surface area contributed by atoms with E-state index >= 15 is 0 Å². The summed E-state index contributed by atoms with van der Waals surface area (Å²) in [4.78, 5) is 30.2. The van der Waals surface area contributed by atoms with Crippen molar-refractivity contribution in [2.24, 2.45) is 0 Å². The lowest BCUT2D eigenvalue weighted by atomic mass is 10.2. The average molecular weight is 488 g/mol. The Hall–Kier alpha value is -3.43. The summed E-state index contributed by atoms with van der Waals surface area (Å²) in [6, 6.07) is 14.5. The first-order chi connectivity index (χ1) is 15.9. The highest BCUT2D eigenvalue weighted by Gasteiger charge is 2.16. The Morgan fingerprint density at radius 3 is 2.67 bits per heavy atom. The van der Waals surface area contributed by atoms with Crippen LogP contribution in [0, 0.1) is 11.6 Å². The summed E-state index contributed by atoms with van der Waals surface area (Å²) in [6.07, 6.45) is 0. The van der Waals surface area contributed by atoms with Crippen LogP contribution >= 0.6 is 23.4 Å². The molecule has 0 unspecified atom stereocenters. The largest absolute Gasteiger partial charge is 0.495 e. The molecule has 4 rings (SSSR count). The fourth-order valence-corrected chi connectivity index (χ4v) is 4.20. The summed E-state index contributed by atoms with van der Waals surface area (Å²) in [7, 11) is 1.48. The van der Waals surface area contributed by atoms with E-state index in [1.165, 1.54) is 11.7 Å². The molecule has 0 aliphatic rings. The number of benzene rings is 3. The molecular weight excluding hydrogens is 472 g/mol. The third kappa shape index (κ3) is 4.84. The number of para-hydroxylation sites is 1. The Morgan fingerprint density at radius 1 is 1.15 bits per heavy atom. The fourth-order valence-electron chi connectivity index (χ4n) is 3.14. The molecule has 33 heavy (non-hydrogen) atoms. The number of rotatable bonds is 6. The van der Waals surface area contributed by atoms with Crippen LogP contribution in [0.5, 0.6) is 5.75 Å². The smallest absolute Gasteiger partial charge is 0.266 e. The van der Waals surface area contributed by atoms with Gasteiger partial charge in [0, 0.05) is 6.07 Å². The molecule has 0 saturated heterocycles. The van der Waals surface area contributed by atoms with Crippen LogP contribution in [0.4, 0.5) is 14.5 Å². The first-order valence-corrected chi connectivity index (χ1v) is 11.0. The van der Waals surface area contributed by atoms with Gasteiger partial charge in [-0.25, -0.2) is 13.8 Å². The lowest BCUT2D eigenvalue weighted by Crippen LogP contribution is -2.23. The first kappa shape index (κ1) is 22.8. The molecule has 4 aromatic rings. The number of fused-ring (bicyclic) bond motifs is 1. The zero-order valence-electron chi connectivity index (χ0n) is 17.1. The number of hydrogen-bond acceptors (Lipinski definition) is 5. The minimum atomic E-state index is -0.887. The molecule has 0 atom stereocenters. The van der Waals surface area contributed by atoms with Gasteiger partial charge in [-0.2, -0.15) is 0 Å². The molecule has 10 heteroatoms. The highest BCUT2D eigenvalue weighted by atomic mass is 35.5. The van der Waals surface area contributed by atoms with E-state index in [9.17, 15) is 18.4 Å². The SMILES string of the molecule is COc1ccc(-n2c(SCC(=O)Nc3ccc(F)cc3F)nc3ccccc3c2=O)cc1Cl. The van der Waals surface area contributed by atoms with Crippen molar-refractivity contribution in [1.82, 2.24) is 9.55 Å². The number of amides is 1. The molecule has 3 aromatic carbocycles. The van der Waals surface area contributed by atoms with Crippen molar-refractivity contribution in [2.75, 3.05) is 18.2 Å². The number of ether oxygens (including phenoxy) is 1. The van der Waals surface area contributed by atoms with Gasteiger partial charge in [0.25, 0.3) is 5.56 Å². The standard InChI is InChI=1S/C23H16ClF2N3O3S/c1-32-20-9-7-14(11-16(20)24)29-22(31)15-4-2-3-5-18(15)28-23(29)33-12-21(30)27-19-8-6-13(25)10-17(19)26/h2-11H,12H2,1H3,(H,27,30). The molecule has 1 amide bonds. The van der Waals surface area contributed by atoms with Gasteiger partial charge >= 0.3 is 0 Å². The maximum absolute atomic E-state index is 13.8. The summed E-state index contributed by atoms with van der Waals surface area (Å²) >= 11 is 7.24. The normalized spacial score (nSPS) is 10.9. The van der Waals surface area contributed by atoms with E-state index in [-0.39, 0.29) is 22.2 Å². The second-order valence-corrected chi connectivity index (χ2v) is 8.18. The molecule has 1 N–H and O–H groups in total. The number of carbonyl (C=O) groups is 1. The maximum Gasteiger partial charge on any atom is 0.266 e. The topological polar surface area (TPSA) is 73.2 Å². The van der Waals surface area contributed by atoms with Gasteiger partial charge in [0.2, 0.25) is 5.91 Å². The Kier molecular flexibility index (Phi) is 6.62. The predicted octanol–water partition coefficient (Wildman–Crippen LogP) is 5.06. The third-order valence-electron chi connectivity index (χ3n) is 4.68. The van der Waals surface area contributed by atoms with Crippen molar-refractivity contribution in [3.05, 3.63) is 87.7 Å². The number of nitrogens with zero attached hydrogens (tertiary/aromatic N) is 2. The molecular formula is C23H16ClF2N3O3S. The summed E-state index contributed by atoms with van der Waals surface area (Å²) < 4.78 is 33.5. The van der Waals surface area contributed by atoms with Gasteiger partial charge in [-0.15, -0.1) is 0 Å². The molecule has 1 heterocycles. The summed E-state index contributed by atoms with van der Waals surface area (Å²) in [5.74, 6) is -1.92. The minimum Gasteiger partial charge on any atom is -0.495 e. The van der Waals surface area contributed by atoms with Crippen molar-refractivity contribution >= 4 is 45.9 Å². The Bertz CT molecular complexity index is 1430. The molecule has 0 aliphatic heterocycles. The zero-order chi connectivity index (χ0) is 23.5. The number of thioether (sulfide) groups is 1. The number of halogens is 3. The number of aromatic nitrogens is 2. The molecule has 0 spiro atoms. The molecule has 0 fully saturated rings. The molecule has 0 saturated carbocycles. The first-order valence-electron chi connectivity index (χ1n) is 9.61. The number of methoxy groups -OCH3 is 1. The van der Waals surface area contributed by atoms with Crippen LogP contribution in [0.1, 0.15) is 0 Å². The Balaban J connectivity index is 1.69. The monoisotopic (exact) mass is 487 g/mol. The van der Waals surface area contributed by atoms with E-state index < -0.39 is 17.5 Å². The summed E-state index contributed by atoms with van der Waals surface area (Å²) in [5.41, 5.74) is 0.421. The summed E-state index contributed by atoms with van der Waals surface area (Å²) in [6.45, 7) is 0. The van der Waals surface area contributed by atoms with Crippen molar-refractivity contribution < 1.29 is 18.3 Å². The Morgan fingerprint density at radius 2 is 1.94 bits per heavy atom. The van der Waals surface area contributed by atoms with Crippen molar-refractivity contribution in [2.45, 2.75) is 5.16 Å². The second-order valence-electron chi connectivity index (χ2n) is 6.83. The van der Waals surface area contributed by atoms with Gasteiger partial charge < -0.3 is 10.1 Å². The van der Waals surface area contributed by atoms with E-state index in [4.69, 9.17) is 16.3 Å². The third-order valence-corrected chi connectivity index (χ3v) is 5.91. The van der Waals surface area contributed by atoms with Crippen LogP contribution in [0.2, 0.25) is 5.02 Å². The van der Waals surface area contributed by atoms with Crippen molar-refractivity contribution in [3.63, 3.8) is 0 Å². The summed E-state index contributed by atoms with van der Waals surface area (Å²) in [5, 5.41) is 3.33. The molecule has 0 aliphatic carbocycles. The number of carbonyl (C=O) groups excluding carboxylic acids is 1. The lowest BCUT2D eigenvalue weighted by molar-refractivity contribution is -0.113. The highest BCUT2D eigenvalue weighted by molar-refractivity contribution is 7.99. The zero-order valence-corrected chi connectivity index (χ0v) is 18.7. The van der Waals surface area contributed by atoms with Crippen LogP contribution in [-0.4, -0.2) is 28.3 Å². The number of hydrogen-bond donors (Lipinski definition) is 1. The average Bonchev–Trinajstić information content (AvgIpc) is 2.79. The van der Waals surface area contributed by atoms with Crippen molar-refractivity contribution in [3.8, 4) is 11.4 Å². The molecule has 168 valence electrons.